The molecule has 0 fully saturated rings. The average molecular weight is 282 g/mol. The van der Waals surface area contributed by atoms with Gasteiger partial charge in [0.05, 0.1) is 11.3 Å². The third kappa shape index (κ3) is 1.99. The van der Waals surface area contributed by atoms with E-state index in [2.05, 4.69) is 15.1 Å². The molecule has 3 aromatic rings. The minimum Gasteiger partial charge on any atom is -0.294 e. The summed E-state index contributed by atoms with van der Waals surface area (Å²) >= 11 is 0. The van der Waals surface area contributed by atoms with Crippen LogP contribution in [0.4, 0.5) is 4.39 Å². The average Bonchev–Trinajstić information content (AvgIpc) is 2.93. The van der Waals surface area contributed by atoms with Crippen molar-refractivity contribution in [3.8, 4) is 0 Å². The first-order chi connectivity index (χ1) is 10.2. The zero-order valence-corrected chi connectivity index (χ0v) is 11.0. The maximum absolute atomic E-state index is 13.0. The number of rotatable bonds is 1. The SMILES string of the molecule is O=C1C[C@@H](c2ccc(F)cc2)Cc2nc3ncnn3cc21. The van der Waals surface area contributed by atoms with Crippen LogP contribution in [-0.4, -0.2) is 25.4 Å². The topological polar surface area (TPSA) is 60.2 Å². The monoisotopic (exact) mass is 282 g/mol. The number of ketones is 1. The highest BCUT2D eigenvalue weighted by atomic mass is 19.1. The maximum Gasteiger partial charge on any atom is 0.252 e. The van der Waals surface area contributed by atoms with Crippen LogP contribution in [0.2, 0.25) is 0 Å². The number of benzene rings is 1. The molecule has 104 valence electrons. The zero-order chi connectivity index (χ0) is 14.4. The molecule has 0 spiro atoms. The molecule has 1 aliphatic rings. The lowest BCUT2D eigenvalue weighted by Crippen LogP contribution is -2.21. The number of hydrogen-bond acceptors (Lipinski definition) is 4. The first-order valence-electron chi connectivity index (χ1n) is 6.68. The fraction of sp³-hybridized carbons (Fsp3) is 0.200. The largest absolute Gasteiger partial charge is 0.294 e. The molecular formula is C15H11FN4O. The van der Waals surface area contributed by atoms with E-state index in [4.69, 9.17) is 0 Å². The zero-order valence-electron chi connectivity index (χ0n) is 11.0. The smallest absolute Gasteiger partial charge is 0.252 e. The van der Waals surface area contributed by atoms with Gasteiger partial charge in [0.25, 0.3) is 5.78 Å². The lowest BCUT2D eigenvalue weighted by molar-refractivity contribution is 0.0962. The summed E-state index contributed by atoms with van der Waals surface area (Å²) in [6.07, 6.45) is 4.15. The highest BCUT2D eigenvalue weighted by molar-refractivity contribution is 5.98. The lowest BCUT2D eigenvalue weighted by atomic mass is 9.82. The molecule has 0 unspecified atom stereocenters. The molecule has 0 radical (unpaired) electrons. The lowest BCUT2D eigenvalue weighted by Gasteiger charge is -2.23. The number of aromatic nitrogens is 4. The van der Waals surface area contributed by atoms with Crippen LogP contribution in [0.3, 0.4) is 0 Å². The Morgan fingerprint density at radius 2 is 2.00 bits per heavy atom. The van der Waals surface area contributed by atoms with E-state index >= 15 is 0 Å². The maximum atomic E-state index is 13.0. The van der Waals surface area contributed by atoms with Crippen LogP contribution in [0.5, 0.6) is 0 Å². The van der Waals surface area contributed by atoms with Crippen LogP contribution in [0.1, 0.15) is 34.0 Å². The van der Waals surface area contributed by atoms with Gasteiger partial charge in [0.1, 0.15) is 12.1 Å². The number of halogens is 1. The van der Waals surface area contributed by atoms with Gasteiger partial charge in [-0.2, -0.15) is 10.1 Å². The summed E-state index contributed by atoms with van der Waals surface area (Å²) in [5.74, 6) is 0.282. The van der Waals surface area contributed by atoms with Crippen molar-refractivity contribution >= 4 is 11.6 Å². The molecule has 5 nitrogen and oxygen atoms in total. The van der Waals surface area contributed by atoms with Crippen molar-refractivity contribution in [2.45, 2.75) is 18.8 Å². The summed E-state index contributed by atoms with van der Waals surface area (Å²) in [6, 6.07) is 6.30. The van der Waals surface area contributed by atoms with Gasteiger partial charge in [-0.3, -0.25) is 4.79 Å². The second kappa shape index (κ2) is 4.44. The quantitative estimate of drug-likeness (QED) is 0.686. The van der Waals surface area contributed by atoms with E-state index < -0.39 is 0 Å². The Kier molecular flexibility index (Phi) is 2.57. The fourth-order valence-corrected chi connectivity index (χ4v) is 2.79. The van der Waals surface area contributed by atoms with Crippen LogP contribution < -0.4 is 0 Å². The standard InChI is InChI=1S/C15H11FN4O/c16-11-3-1-9(2-4-11)10-5-13-12(14(21)6-10)7-20-15(19-13)17-8-18-20/h1-4,7-8,10H,5-6H2/t10-/m0/s1. The predicted octanol–water partition coefficient (Wildman–Crippen LogP) is 2.18. The molecule has 2 aromatic heterocycles. The Morgan fingerprint density at radius 1 is 1.19 bits per heavy atom. The van der Waals surface area contributed by atoms with Crippen molar-refractivity contribution in [2.75, 3.05) is 0 Å². The summed E-state index contributed by atoms with van der Waals surface area (Å²) < 4.78 is 14.5. The molecule has 0 bridgehead atoms. The van der Waals surface area contributed by atoms with Gasteiger partial charge in [-0.25, -0.2) is 13.9 Å². The molecule has 1 atom stereocenters. The van der Waals surface area contributed by atoms with E-state index in [0.717, 1.165) is 11.3 Å². The third-order valence-corrected chi connectivity index (χ3v) is 3.86. The number of carbonyl (C=O) groups excluding carboxylic acids is 1. The van der Waals surface area contributed by atoms with E-state index in [9.17, 15) is 9.18 Å². The van der Waals surface area contributed by atoms with Gasteiger partial charge in [-0.1, -0.05) is 12.1 Å². The molecule has 21 heavy (non-hydrogen) atoms. The molecule has 4 rings (SSSR count). The summed E-state index contributed by atoms with van der Waals surface area (Å²) in [5, 5.41) is 4.00. The van der Waals surface area contributed by atoms with Crippen molar-refractivity contribution in [3.05, 3.63) is 59.4 Å². The van der Waals surface area contributed by atoms with Crippen LogP contribution in [0, 0.1) is 5.82 Å². The summed E-state index contributed by atoms with van der Waals surface area (Å²) in [6.45, 7) is 0. The van der Waals surface area contributed by atoms with E-state index in [1.807, 2.05) is 0 Å². The van der Waals surface area contributed by atoms with Crippen LogP contribution in [0.15, 0.2) is 36.8 Å². The van der Waals surface area contributed by atoms with Crippen molar-refractivity contribution in [2.24, 2.45) is 0 Å². The Morgan fingerprint density at radius 3 is 2.81 bits per heavy atom. The third-order valence-electron chi connectivity index (χ3n) is 3.86. The van der Waals surface area contributed by atoms with Crippen molar-refractivity contribution in [1.82, 2.24) is 19.6 Å². The summed E-state index contributed by atoms with van der Waals surface area (Å²) in [7, 11) is 0. The minimum absolute atomic E-state index is 0.0310. The van der Waals surface area contributed by atoms with Crippen molar-refractivity contribution in [3.63, 3.8) is 0 Å². The first-order valence-corrected chi connectivity index (χ1v) is 6.68. The fourth-order valence-electron chi connectivity index (χ4n) is 2.79. The number of carbonyl (C=O) groups is 1. The van der Waals surface area contributed by atoms with Crippen LogP contribution in [-0.2, 0) is 6.42 Å². The van der Waals surface area contributed by atoms with E-state index in [-0.39, 0.29) is 17.5 Å². The van der Waals surface area contributed by atoms with Gasteiger partial charge < -0.3 is 0 Å². The van der Waals surface area contributed by atoms with Crippen molar-refractivity contribution < 1.29 is 9.18 Å². The van der Waals surface area contributed by atoms with Crippen molar-refractivity contribution in [1.29, 1.82) is 0 Å². The van der Waals surface area contributed by atoms with E-state index in [1.165, 1.54) is 23.0 Å². The Hall–Kier alpha value is -2.63. The first kappa shape index (κ1) is 12.1. The minimum atomic E-state index is -0.274. The molecule has 0 amide bonds. The van der Waals surface area contributed by atoms with Gasteiger partial charge >= 0.3 is 0 Å². The highest BCUT2D eigenvalue weighted by Crippen LogP contribution is 2.31. The van der Waals surface area contributed by atoms with Gasteiger partial charge in [0, 0.05) is 12.6 Å². The van der Waals surface area contributed by atoms with Crippen LogP contribution >= 0.6 is 0 Å². The summed E-state index contributed by atoms with van der Waals surface area (Å²) in [4.78, 5) is 20.8. The molecule has 2 heterocycles. The van der Waals surface area contributed by atoms with Gasteiger partial charge in [-0.15, -0.1) is 0 Å². The number of Topliss-reactive ketones (excluding diaryl/α,β-unsaturated/α-hetero) is 1. The van der Waals surface area contributed by atoms with E-state index in [1.54, 1.807) is 18.3 Å². The molecule has 0 saturated heterocycles. The Labute approximate surface area is 119 Å². The normalized spacial score (nSPS) is 18.0. The molecule has 6 heteroatoms. The molecule has 1 aliphatic carbocycles. The number of fused-ring (bicyclic) bond motifs is 2. The molecular weight excluding hydrogens is 271 g/mol. The van der Waals surface area contributed by atoms with E-state index in [0.29, 0.717) is 24.2 Å². The second-order valence-electron chi connectivity index (χ2n) is 5.19. The Balaban J connectivity index is 1.76. The van der Waals surface area contributed by atoms with Gasteiger partial charge in [0.15, 0.2) is 5.78 Å². The number of nitrogens with zero attached hydrogens (tertiary/aromatic N) is 4. The molecule has 0 saturated carbocycles. The summed E-state index contributed by atoms with van der Waals surface area (Å²) in [5.41, 5.74) is 2.30. The predicted molar refractivity (Wildman–Crippen MR) is 72.6 cm³/mol. The molecule has 0 aliphatic heterocycles. The number of hydrogen-bond donors (Lipinski definition) is 0. The Bertz CT molecular complexity index is 841. The van der Waals surface area contributed by atoms with Gasteiger partial charge in [-0.05, 0) is 30.0 Å². The molecule has 0 N–H and O–H groups in total. The van der Waals surface area contributed by atoms with Gasteiger partial charge in [0.2, 0.25) is 0 Å². The molecule has 1 aromatic carbocycles. The van der Waals surface area contributed by atoms with Crippen LogP contribution in [0.25, 0.3) is 5.78 Å². The second-order valence-corrected chi connectivity index (χ2v) is 5.19. The highest BCUT2D eigenvalue weighted by Gasteiger charge is 2.28.